The number of halogens is 1. The molecule has 1 aliphatic heterocycles. The number of fused-ring (bicyclic) bond motifs is 1. The molecule has 1 aromatic heterocycles. The Balaban J connectivity index is 1.74. The van der Waals surface area contributed by atoms with Crippen LogP contribution in [0.3, 0.4) is 0 Å². The van der Waals surface area contributed by atoms with Gasteiger partial charge in [0, 0.05) is 30.5 Å². The third-order valence-electron chi connectivity index (χ3n) is 3.79. The molecule has 0 unspecified atom stereocenters. The van der Waals surface area contributed by atoms with E-state index in [1.807, 2.05) is 6.07 Å². The molecule has 2 heterocycles. The van der Waals surface area contributed by atoms with Crippen LogP contribution in [0.2, 0.25) is 5.02 Å². The summed E-state index contributed by atoms with van der Waals surface area (Å²) in [6.45, 7) is 4.24. The average molecular weight is 319 g/mol. The number of aromatic nitrogens is 2. The van der Waals surface area contributed by atoms with Crippen LogP contribution in [-0.4, -0.2) is 39.6 Å². The van der Waals surface area contributed by atoms with Crippen molar-refractivity contribution < 1.29 is 9.59 Å². The van der Waals surface area contributed by atoms with Crippen molar-refractivity contribution in [2.75, 3.05) is 18.4 Å². The van der Waals surface area contributed by atoms with Gasteiger partial charge in [-0.05, 0) is 24.3 Å². The topological polar surface area (TPSA) is 67.2 Å². The predicted molar refractivity (Wildman–Crippen MR) is 84.6 cm³/mol. The molecule has 6 nitrogen and oxygen atoms in total. The van der Waals surface area contributed by atoms with Crippen molar-refractivity contribution in [1.82, 2.24) is 14.7 Å². The van der Waals surface area contributed by atoms with Gasteiger partial charge in [-0.25, -0.2) is 0 Å². The van der Waals surface area contributed by atoms with Crippen LogP contribution in [0.1, 0.15) is 0 Å². The largest absolute Gasteiger partial charge is 0.337 e. The van der Waals surface area contributed by atoms with E-state index in [-0.39, 0.29) is 17.7 Å². The van der Waals surface area contributed by atoms with Crippen LogP contribution in [0.5, 0.6) is 0 Å². The molecule has 0 spiro atoms. The summed E-state index contributed by atoms with van der Waals surface area (Å²) in [5, 5.41) is 8.51. The number of likely N-dealkylation sites (tertiary alicyclic amines) is 1. The fraction of sp³-hybridized carbons (Fsp3) is 0.267. The van der Waals surface area contributed by atoms with Crippen LogP contribution in [0.4, 0.5) is 5.82 Å². The van der Waals surface area contributed by atoms with Gasteiger partial charge >= 0.3 is 0 Å². The Labute approximate surface area is 132 Å². The zero-order valence-electron chi connectivity index (χ0n) is 12.0. The smallest absolute Gasteiger partial charge is 0.246 e. The number of hydrogen-bond donors (Lipinski definition) is 1. The molecule has 2 aromatic rings. The van der Waals surface area contributed by atoms with Crippen molar-refractivity contribution in [2.24, 2.45) is 13.0 Å². The number of nitrogens with zero attached hydrogens (tertiary/aromatic N) is 3. The van der Waals surface area contributed by atoms with E-state index in [1.165, 1.54) is 6.08 Å². The minimum Gasteiger partial charge on any atom is -0.337 e. The number of carbonyl (C=O) groups is 2. The van der Waals surface area contributed by atoms with E-state index >= 15 is 0 Å². The molecule has 114 valence electrons. The van der Waals surface area contributed by atoms with Gasteiger partial charge in [0.15, 0.2) is 5.82 Å². The quantitative estimate of drug-likeness (QED) is 0.878. The third kappa shape index (κ3) is 2.46. The molecular formula is C15H15ClN4O2. The molecule has 0 atom stereocenters. The van der Waals surface area contributed by atoms with Crippen molar-refractivity contribution >= 4 is 40.1 Å². The Morgan fingerprint density at radius 3 is 2.86 bits per heavy atom. The summed E-state index contributed by atoms with van der Waals surface area (Å²) in [6, 6.07) is 5.41. The minimum atomic E-state index is -0.222. The lowest BCUT2D eigenvalue weighted by molar-refractivity contribution is -0.137. The Morgan fingerprint density at radius 1 is 1.45 bits per heavy atom. The van der Waals surface area contributed by atoms with Gasteiger partial charge in [0.2, 0.25) is 11.8 Å². The number of amides is 2. The first-order chi connectivity index (χ1) is 10.5. The summed E-state index contributed by atoms with van der Waals surface area (Å²) in [6.07, 6.45) is 1.25. The van der Waals surface area contributed by atoms with Crippen molar-refractivity contribution in [3.63, 3.8) is 0 Å². The summed E-state index contributed by atoms with van der Waals surface area (Å²) in [4.78, 5) is 25.2. The van der Waals surface area contributed by atoms with Crippen LogP contribution in [0.15, 0.2) is 30.9 Å². The summed E-state index contributed by atoms with van der Waals surface area (Å²) in [7, 11) is 1.81. The van der Waals surface area contributed by atoms with Crippen LogP contribution in [0, 0.1) is 5.92 Å². The highest BCUT2D eigenvalue weighted by molar-refractivity contribution is 6.31. The molecular weight excluding hydrogens is 304 g/mol. The van der Waals surface area contributed by atoms with Crippen molar-refractivity contribution in [2.45, 2.75) is 0 Å². The van der Waals surface area contributed by atoms with Crippen LogP contribution in [0.25, 0.3) is 10.9 Å². The van der Waals surface area contributed by atoms with Crippen molar-refractivity contribution in [1.29, 1.82) is 0 Å². The number of benzene rings is 1. The highest BCUT2D eigenvalue weighted by Gasteiger charge is 2.35. The Hall–Kier alpha value is -2.34. The zero-order chi connectivity index (χ0) is 15.9. The first-order valence-electron chi connectivity index (χ1n) is 6.84. The van der Waals surface area contributed by atoms with Crippen LogP contribution in [-0.2, 0) is 16.6 Å². The second kappa shape index (κ2) is 5.46. The maximum atomic E-state index is 12.2. The number of anilines is 1. The van der Waals surface area contributed by atoms with Gasteiger partial charge in [-0.3, -0.25) is 14.3 Å². The molecule has 22 heavy (non-hydrogen) atoms. The van der Waals surface area contributed by atoms with E-state index < -0.39 is 0 Å². The summed E-state index contributed by atoms with van der Waals surface area (Å²) in [5.41, 5.74) is 0.886. The number of rotatable bonds is 3. The third-order valence-corrected chi connectivity index (χ3v) is 4.03. The molecule has 1 aromatic carbocycles. The van der Waals surface area contributed by atoms with Crippen LogP contribution >= 0.6 is 11.6 Å². The molecule has 3 rings (SSSR count). The number of aryl methyl sites for hydroxylation is 1. The summed E-state index contributed by atoms with van der Waals surface area (Å²) < 4.78 is 1.69. The van der Waals surface area contributed by atoms with E-state index in [1.54, 1.807) is 28.8 Å². The van der Waals surface area contributed by atoms with Gasteiger partial charge in [0.1, 0.15) is 0 Å². The van der Waals surface area contributed by atoms with Gasteiger partial charge in [-0.15, -0.1) is 0 Å². The lowest BCUT2D eigenvalue weighted by atomic mass is 9.99. The SMILES string of the molecule is C=CC(=O)N1CC(C(=O)Nc2nn(C)c3ccc(Cl)cc23)C1. The van der Waals surface area contributed by atoms with E-state index in [4.69, 9.17) is 11.6 Å². The molecule has 1 saturated heterocycles. The monoisotopic (exact) mass is 318 g/mol. The average Bonchev–Trinajstić information content (AvgIpc) is 2.72. The zero-order valence-corrected chi connectivity index (χ0v) is 12.8. The second-order valence-corrected chi connectivity index (χ2v) is 5.70. The Bertz CT molecular complexity index is 777. The molecule has 0 bridgehead atoms. The molecule has 0 radical (unpaired) electrons. The first kappa shape index (κ1) is 14.6. The fourth-order valence-electron chi connectivity index (χ4n) is 2.50. The van der Waals surface area contributed by atoms with Gasteiger partial charge in [0.25, 0.3) is 0 Å². The van der Waals surface area contributed by atoms with E-state index in [2.05, 4.69) is 17.0 Å². The maximum Gasteiger partial charge on any atom is 0.246 e. The standard InChI is InChI=1S/C15H15ClN4O2/c1-3-13(21)20-7-9(8-20)15(22)17-14-11-6-10(16)4-5-12(11)19(2)18-14/h3-6,9H,1,7-8H2,2H3,(H,17,18,22). The highest BCUT2D eigenvalue weighted by Crippen LogP contribution is 2.27. The minimum absolute atomic E-state index is 0.145. The molecule has 2 amide bonds. The van der Waals surface area contributed by atoms with Crippen molar-refractivity contribution in [3.05, 3.63) is 35.9 Å². The number of hydrogen-bond acceptors (Lipinski definition) is 3. The van der Waals surface area contributed by atoms with Gasteiger partial charge in [-0.2, -0.15) is 5.10 Å². The van der Waals surface area contributed by atoms with E-state index in [0.29, 0.717) is 23.9 Å². The Kier molecular flexibility index (Phi) is 3.62. The number of nitrogens with one attached hydrogen (secondary N) is 1. The van der Waals surface area contributed by atoms with Crippen molar-refractivity contribution in [3.8, 4) is 0 Å². The lowest BCUT2D eigenvalue weighted by Gasteiger charge is -2.37. The molecule has 1 N–H and O–H groups in total. The summed E-state index contributed by atoms with van der Waals surface area (Å²) in [5.74, 6) is -0.0363. The molecule has 0 saturated carbocycles. The van der Waals surface area contributed by atoms with E-state index in [9.17, 15) is 9.59 Å². The second-order valence-electron chi connectivity index (χ2n) is 5.27. The molecule has 1 fully saturated rings. The van der Waals surface area contributed by atoms with E-state index in [0.717, 1.165) is 10.9 Å². The van der Waals surface area contributed by atoms with Gasteiger partial charge < -0.3 is 10.2 Å². The molecule has 1 aliphatic rings. The van der Waals surface area contributed by atoms with Gasteiger partial charge in [-0.1, -0.05) is 18.2 Å². The first-order valence-corrected chi connectivity index (χ1v) is 7.22. The fourth-order valence-corrected chi connectivity index (χ4v) is 2.67. The van der Waals surface area contributed by atoms with Crippen LogP contribution < -0.4 is 5.32 Å². The highest BCUT2D eigenvalue weighted by atomic mass is 35.5. The summed E-state index contributed by atoms with van der Waals surface area (Å²) >= 11 is 6.00. The van der Waals surface area contributed by atoms with Gasteiger partial charge in [0.05, 0.1) is 11.4 Å². The number of carbonyl (C=O) groups excluding carboxylic acids is 2. The predicted octanol–water partition coefficient (Wildman–Crippen LogP) is 1.81. The normalized spacial score (nSPS) is 14.7. The molecule has 7 heteroatoms. The Morgan fingerprint density at radius 2 is 2.18 bits per heavy atom. The maximum absolute atomic E-state index is 12.2. The lowest BCUT2D eigenvalue weighted by Crippen LogP contribution is -2.53. The molecule has 0 aliphatic carbocycles.